The molecule has 6 rings (SSSR count). The molecule has 0 radical (unpaired) electrons. The SMILES string of the molecule is C=CCCC(=O)NC[C@H](OC(=O)[C@@H]1[C@H]2O[C@@]3(CC2Br)[C@H](C(=O)N(CC=C)c2ccc(Cl)cc2)N([C@@H](CO)Cc2ccccc2)C(=O)[C@@H]13)c1ccccc1. The van der Waals surface area contributed by atoms with Gasteiger partial charge in [0.2, 0.25) is 11.8 Å². The van der Waals surface area contributed by atoms with Crippen LogP contribution in [0.1, 0.15) is 36.5 Å². The minimum Gasteiger partial charge on any atom is -0.455 e. The van der Waals surface area contributed by atoms with E-state index in [0.29, 0.717) is 22.7 Å². The van der Waals surface area contributed by atoms with Crippen molar-refractivity contribution < 1.29 is 33.8 Å². The monoisotopic (exact) mass is 803 g/mol. The molecule has 10 nitrogen and oxygen atoms in total. The van der Waals surface area contributed by atoms with E-state index >= 15 is 4.79 Å². The minimum absolute atomic E-state index is 0.0139. The van der Waals surface area contributed by atoms with Crippen LogP contribution in [-0.4, -0.2) is 82.0 Å². The summed E-state index contributed by atoms with van der Waals surface area (Å²) in [5, 5.41) is 14.2. The van der Waals surface area contributed by atoms with Crippen LogP contribution < -0.4 is 10.2 Å². The summed E-state index contributed by atoms with van der Waals surface area (Å²) in [6.45, 7) is 7.24. The number of benzene rings is 3. The summed E-state index contributed by atoms with van der Waals surface area (Å²) >= 11 is 9.93. The molecule has 12 heteroatoms. The lowest BCUT2D eigenvalue weighted by Crippen LogP contribution is -2.59. The van der Waals surface area contributed by atoms with Gasteiger partial charge in [0, 0.05) is 28.5 Å². The largest absolute Gasteiger partial charge is 0.455 e. The Kier molecular flexibility index (Phi) is 12.2. The van der Waals surface area contributed by atoms with Gasteiger partial charge in [-0.3, -0.25) is 19.2 Å². The van der Waals surface area contributed by atoms with E-state index in [-0.39, 0.29) is 38.3 Å². The number of carbonyl (C=O) groups is 4. The van der Waals surface area contributed by atoms with Gasteiger partial charge in [-0.05, 0) is 54.7 Å². The lowest BCUT2D eigenvalue weighted by atomic mass is 9.70. The van der Waals surface area contributed by atoms with Gasteiger partial charge in [0.25, 0.3) is 5.91 Å². The average Bonchev–Trinajstić information content (AvgIpc) is 3.77. The lowest BCUT2D eigenvalue weighted by molar-refractivity contribution is -0.160. The number of anilines is 1. The maximum Gasteiger partial charge on any atom is 0.313 e. The molecule has 1 spiro atoms. The second-order valence-corrected chi connectivity index (χ2v) is 15.2. The highest BCUT2D eigenvalue weighted by Crippen LogP contribution is 2.61. The van der Waals surface area contributed by atoms with Gasteiger partial charge in [0.05, 0.1) is 37.1 Å². The predicted octanol–water partition coefficient (Wildman–Crippen LogP) is 5.58. The second-order valence-electron chi connectivity index (χ2n) is 13.6. The van der Waals surface area contributed by atoms with Gasteiger partial charge >= 0.3 is 5.97 Å². The number of fused-ring (bicyclic) bond motifs is 1. The van der Waals surface area contributed by atoms with Crippen molar-refractivity contribution in [3.8, 4) is 0 Å². The zero-order valence-corrected chi connectivity index (χ0v) is 31.5. The first kappa shape index (κ1) is 38.4. The zero-order chi connectivity index (χ0) is 37.7. The molecule has 3 heterocycles. The van der Waals surface area contributed by atoms with E-state index in [1.807, 2.05) is 48.5 Å². The smallest absolute Gasteiger partial charge is 0.313 e. The van der Waals surface area contributed by atoms with Crippen LogP contribution in [0.5, 0.6) is 0 Å². The van der Waals surface area contributed by atoms with Crippen LogP contribution in [0.3, 0.4) is 0 Å². The Morgan fingerprint density at radius 2 is 1.74 bits per heavy atom. The van der Waals surface area contributed by atoms with Crippen LogP contribution in [0.2, 0.25) is 5.02 Å². The number of aliphatic hydroxyl groups excluding tert-OH is 1. The van der Waals surface area contributed by atoms with Crippen LogP contribution in [0.15, 0.2) is 110 Å². The summed E-state index contributed by atoms with van der Waals surface area (Å²) < 4.78 is 13.0. The van der Waals surface area contributed by atoms with Crippen molar-refractivity contribution in [1.82, 2.24) is 10.2 Å². The van der Waals surface area contributed by atoms with Gasteiger partial charge in [-0.1, -0.05) is 100 Å². The summed E-state index contributed by atoms with van der Waals surface area (Å²) in [4.78, 5) is 59.6. The standard InChI is InChI=1S/C41H43BrClN3O7/c1-3-5-16-33(48)44-24-32(27-14-10-7-11-15-27)52-40(51)34-35-38(49)46(30(25-47)22-26-12-8-6-9-13-26)37(41(35)23-31(42)36(34)53-41)39(50)45(21-4-2)29-19-17-28(43)18-20-29/h3-4,6-15,17-20,30-32,34-37,47H,1-2,5,16,21-25H2,(H,44,48)/t30-,31?,32+,34+,35-,36+,37+,41-/m1/s1. The number of rotatable bonds is 16. The maximum atomic E-state index is 15.1. The lowest BCUT2D eigenvalue weighted by Gasteiger charge is -2.39. The second kappa shape index (κ2) is 16.8. The molecule has 3 aromatic carbocycles. The Morgan fingerprint density at radius 1 is 1.06 bits per heavy atom. The van der Waals surface area contributed by atoms with Crippen molar-refractivity contribution >= 4 is 56.9 Å². The van der Waals surface area contributed by atoms with E-state index in [9.17, 15) is 19.5 Å². The van der Waals surface area contributed by atoms with Crippen LogP contribution in [0.25, 0.3) is 0 Å². The highest BCUT2D eigenvalue weighted by atomic mass is 79.9. The summed E-state index contributed by atoms with van der Waals surface area (Å²) in [7, 11) is 0. The minimum atomic E-state index is -1.42. The number of hydrogen-bond donors (Lipinski definition) is 2. The van der Waals surface area contributed by atoms with Crippen LogP contribution >= 0.6 is 27.5 Å². The molecule has 8 atom stereocenters. The molecule has 278 valence electrons. The molecule has 3 amide bonds. The first-order valence-electron chi connectivity index (χ1n) is 17.7. The molecule has 3 saturated heterocycles. The number of ether oxygens (including phenoxy) is 2. The number of esters is 1. The Bertz CT molecular complexity index is 1810. The molecule has 3 aliphatic heterocycles. The molecule has 3 aromatic rings. The molecule has 2 bridgehead atoms. The van der Waals surface area contributed by atoms with E-state index in [4.69, 9.17) is 21.1 Å². The fourth-order valence-electron chi connectivity index (χ4n) is 8.01. The Morgan fingerprint density at radius 3 is 2.38 bits per heavy atom. The van der Waals surface area contributed by atoms with Gasteiger partial charge < -0.3 is 29.7 Å². The third kappa shape index (κ3) is 7.71. The number of amides is 3. The van der Waals surface area contributed by atoms with Gasteiger partial charge in [0.1, 0.15) is 17.7 Å². The van der Waals surface area contributed by atoms with Gasteiger partial charge in [-0.2, -0.15) is 0 Å². The maximum absolute atomic E-state index is 15.1. The third-order valence-corrected chi connectivity index (χ3v) is 11.5. The quantitative estimate of drug-likeness (QED) is 0.110. The van der Waals surface area contributed by atoms with Crippen LogP contribution in [0.4, 0.5) is 5.69 Å². The van der Waals surface area contributed by atoms with Crippen molar-refractivity contribution in [2.75, 3.05) is 24.6 Å². The number of nitrogens with one attached hydrogen (secondary N) is 1. The number of carbonyl (C=O) groups excluding carboxylic acids is 4. The molecular formula is C41H43BrClN3O7. The summed E-state index contributed by atoms with van der Waals surface area (Å²) in [6, 6.07) is 23.2. The highest BCUT2D eigenvalue weighted by molar-refractivity contribution is 9.09. The van der Waals surface area contributed by atoms with Gasteiger partial charge in [0.15, 0.2) is 0 Å². The molecule has 1 unspecified atom stereocenters. The Balaban J connectivity index is 1.38. The molecular weight excluding hydrogens is 762 g/mol. The molecule has 3 fully saturated rings. The Labute approximate surface area is 322 Å². The number of hydrogen-bond acceptors (Lipinski definition) is 7. The Hall–Kier alpha value is -4.29. The van der Waals surface area contributed by atoms with E-state index in [0.717, 1.165) is 5.56 Å². The first-order chi connectivity index (χ1) is 25.6. The molecule has 0 aromatic heterocycles. The van der Waals surface area contributed by atoms with Crippen molar-refractivity contribution in [3.05, 3.63) is 126 Å². The number of nitrogens with zero attached hydrogens (tertiary/aromatic N) is 2. The zero-order valence-electron chi connectivity index (χ0n) is 29.2. The topological polar surface area (TPSA) is 125 Å². The number of likely N-dealkylation sites (tertiary alicyclic amines) is 1. The molecule has 2 N–H and O–H groups in total. The number of halogens is 2. The van der Waals surface area contributed by atoms with Crippen molar-refractivity contribution in [2.45, 2.75) is 60.4 Å². The number of alkyl halides is 1. The van der Waals surface area contributed by atoms with Gasteiger partial charge in [-0.25, -0.2) is 0 Å². The summed E-state index contributed by atoms with van der Waals surface area (Å²) in [5.41, 5.74) is 0.641. The average molecular weight is 805 g/mol. The first-order valence-corrected chi connectivity index (χ1v) is 19.0. The fourth-order valence-corrected chi connectivity index (χ4v) is 9.08. The summed E-state index contributed by atoms with van der Waals surface area (Å²) in [5.74, 6) is -3.96. The molecule has 3 aliphatic rings. The predicted molar refractivity (Wildman–Crippen MR) is 205 cm³/mol. The molecule has 53 heavy (non-hydrogen) atoms. The van der Waals surface area contributed by atoms with Crippen LogP contribution in [-0.2, 0) is 35.1 Å². The van der Waals surface area contributed by atoms with E-state index in [1.54, 1.807) is 48.6 Å². The van der Waals surface area contributed by atoms with Gasteiger partial charge in [-0.15, -0.1) is 13.2 Å². The third-order valence-electron chi connectivity index (χ3n) is 10.4. The van der Waals surface area contributed by atoms with Crippen molar-refractivity contribution in [1.29, 1.82) is 0 Å². The van der Waals surface area contributed by atoms with Crippen LogP contribution in [0, 0.1) is 11.8 Å². The van der Waals surface area contributed by atoms with Crippen molar-refractivity contribution in [3.63, 3.8) is 0 Å². The normalized spacial score (nSPS) is 25.3. The van der Waals surface area contributed by atoms with E-state index in [2.05, 4.69) is 34.4 Å². The van der Waals surface area contributed by atoms with E-state index < -0.39 is 70.9 Å². The number of aliphatic hydroxyl groups is 1. The van der Waals surface area contributed by atoms with Crippen molar-refractivity contribution in [2.24, 2.45) is 11.8 Å². The number of allylic oxidation sites excluding steroid dienone is 1. The fraction of sp³-hybridized carbons (Fsp3) is 0.366. The highest BCUT2D eigenvalue weighted by Gasteiger charge is 2.77. The summed E-state index contributed by atoms with van der Waals surface area (Å²) in [6.07, 6.45) is 2.87. The molecule has 0 aliphatic carbocycles. The van der Waals surface area contributed by atoms with E-state index in [1.165, 1.54) is 9.80 Å². The molecule has 0 saturated carbocycles.